The summed E-state index contributed by atoms with van der Waals surface area (Å²) in [6.45, 7) is 0. The lowest BCUT2D eigenvalue weighted by atomic mass is 10.0. The maximum atomic E-state index is 10.7. The third-order valence-electron chi connectivity index (χ3n) is 1.74. The molecule has 0 aromatic heterocycles. The van der Waals surface area contributed by atoms with Gasteiger partial charge in [-0.05, 0) is 23.8 Å². The quantitative estimate of drug-likeness (QED) is 0.642. The van der Waals surface area contributed by atoms with Gasteiger partial charge in [0, 0.05) is 6.42 Å². The Morgan fingerprint density at radius 1 is 1.55 bits per heavy atom. The van der Waals surface area contributed by atoms with Crippen LogP contribution < -0.4 is 0 Å². The molecule has 0 amide bonds. The van der Waals surface area contributed by atoms with Crippen LogP contribution in [-0.2, 0) is 9.59 Å². The maximum Gasteiger partial charge on any atom is 0.372 e. The molecule has 0 saturated carbocycles. The van der Waals surface area contributed by atoms with E-state index in [9.17, 15) is 9.59 Å². The molecule has 1 heterocycles. The van der Waals surface area contributed by atoms with Crippen LogP contribution in [0.15, 0.2) is 0 Å². The zero-order chi connectivity index (χ0) is 8.27. The first-order valence-electron chi connectivity index (χ1n) is 3.54. The Balaban J connectivity index is 2.29. The molecule has 4 heteroatoms. The molecule has 1 unspecified atom stereocenters. The van der Waals surface area contributed by atoms with Crippen molar-refractivity contribution in [3.05, 3.63) is 0 Å². The topological polar surface area (TPSA) is 54.4 Å². The van der Waals surface area contributed by atoms with Crippen molar-refractivity contribution >= 4 is 23.5 Å². The van der Waals surface area contributed by atoms with E-state index in [1.165, 1.54) is 0 Å². The molecule has 1 N–H and O–H groups in total. The highest BCUT2D eigenvalue weighted by Crippen LogP contribution is 2.25. The number of Topliss-reactive ketones (excluding diaryl/α,β-unsaturated/α-hetero) is 1. The van der Waals surface area contributed by atoms with Crippen molar-refractivity contribution in [1.29, 1.82) is 0 Å². The molecule has 3 nitrogen and oxygen atoms in total. The van der Waals surface area contributed by atoms with Gasteiger partial charge in [-0.15, -0.1) is 0 Å². The van der Waals surface area contributed by atoms with Crippen molar-refractivity contribution in [2.45, 2.75) is 12.8 Å². The minimum absolute atomic E-state index is 0.225. The number of carbonyl (C=O) groups is 2. The summed E-state index contributed by atoms with van der Waals surface area (Å²) in [7, 11) is 0. The van der Waals surface area contributed by atoms with Gasteiger partial charge in [0.15, 0.2) is 0 Å². The van der Waals surface area contributed by atoms with Gasteiger partial charge in [-0.25, -0.2) is 4.79 Å². The predicted octanol–water partition coefficient (Wildman–Crippen LogP) is 0.783. The van der Waals surface area contributed by atoms with Gasteiger partial charge >= 0.3 is 5.97 Å². The van der Waals surface area contributed by atoms with Crippen molar-refractivity contribution in [2.24, 2.45) is 5.92 Å². The Kier molecular flexibility index (Phi) is 2.93. The van der Waals surface area contributed by atoms with Crippen molar-refractivity contribution < 1.29 is 14.7 Å². The summed E-state index contributed by atoms with van der Waals surface area (Å²) in [6.07, 6.45) is 1.21. The van der Waals surface area contributed by atoms with Crippen LogP contribution in [0.4, 0.5) is 0 Å². The van der Waals surface area contributed by atoms with Gasteiger partial charge in [-0.3, -0.25) is 4.79 Å². The van der Waals surface area contributed by atoms with Crippen LogP contribution in [0.3, 0.4) is 0 Å². The molecule has 1 fully saturated rings. The summed E-state index contributed by atoms with van der Waals surface area (Å²) in [6, 6.07) is 0. The second kappa shape index (κ2) is 3.76. The first-order valence-corrected chi connectivity index (χ1v) is 4.69. The number of hydrogen-bond acceptors (Lipinski definition) is 3. The Hall–Kier alpha value is -0.510. The van der Waals surface area contributed by atoms with E-state index < -0.39 is 11.8 Å². The van der Waals surface area contributed by atoms with Crippen LogP contribution >= 0.6 is 11.8 Å². The molecule has 62 valence electrons. The molecule has 0 bridgehead atoms. The van der Waals surface area contributed by atoms with Crippen LogP contribution in [0.2, 0.25) is 0 Å². The lowest BCUT2D eigenvalue weighted by Crippen LogP contribution is -2.16. The van der Waals surface area contributed by atoms with E-state index in [2.05, 4.69) is 0 Å². The molecule has 1 atom stereocenters. The Morgan fingerprint density at radius 3 is 2.73 bits per heavy atom. The summed E-state index contributed by atoms with van der Waals surface area (Å²) in [5.41, 5.74) is 0. The first kappa shape index (κ1) is 8.59. The fourth-order valence-corrected chi connectivity index (χ4v) is 2.38. The monoisotopic (exact) mass is 174 g/mol. The summed E-state index contributed by atoms with van der Waals surface area (Å²) in [5.74, 6) is 0.388. The average molecular weight is 174 g/mol. The molecule has 0 radical (unpaired) electrons. The highest BCUT2D eigenvalue weighted by molar-refractivity contribution is 7.99. The molecule has 1 rings (SSSR count). The van der Waals surface area contributed by atoms with E-state index in [0.29, 0.717) is 5.92 Å². The molecule has 1 saturated heterocycles. The summed E-state index contributed by atoms with van der Waals surface area (Å²) in [4.78, 5) is 20.8. The Labute approximate surface area is 69.2 Å². The maximum absolute atomic E-state index is 10.7. The number of aliphatic carboxylic acids is 1. The van der Waals surface area contributed by atoms with Crippen LogP contribution in [0.25, 0.3) is 0 Å². The third kappa shape index (κ3) is 2.54. The molecule has 0 aromatic rings. The molecular weight excluding hydrogens is 164 g/mol. The number of hydrogen-bond donors (Lipinski definition) is 1. The number of carbonyl (C=O) groups excluding carboxylic acids is 1. The predicted molar refractivity (Wildman–Crippen MR) is 42.7 cm³/mol. The van der Waals surface area contributed by atoms with Gasteiger partial charge in [0.05, 0.1) is 0 Å². The van der Waals surface area contributed by atoms with Gasteiger partial charge in [0.1, 0.15) is 0 Å². The van der Waals surface area contributed by atoms with Gasteiger partial charge in [-0.1, -0.05) is 0 Å². The first-order chi connectivity index (χ1) is 5.20. The number of ketones is 1. The van der Waals surface area contributed by atoms with Gasteiger partial charge in [0.25, 0.3) is 0 Å². The molecule has 0 aromatic carbocycles. The van der Waals surface area contributed by atoms with Crippen molar-refractivity contribution in [3.8, 4) is 0 Å². The summed E-state index contributed by atoms with van der Waals surface area (Å²) < 4.78 is 0. The van der Waals surface area contributed by atoms with E-state index in [-0.39, 0.29) is 6.42 Å². The summed E-state index contributed by atoms with van der Waals surface area (Å²) >= 11 is 1.79. The van der Waals surface area contributed by atoms with E-state index in [1.54, 1.807) is 11.8 Å². The van der Waals surface area contributed by atoms with E-state index >= 15 is 0 Å². The zero-order valence-electron chi connectivity index (χ0n) is 6.08. The number of carboxylic acid groups (broad SMARTS) is 1. The molecule has 0 spiro atoms. The normalized spacial score (nSPS) is 23.5. The molecular formula is C7H10O3S. The molecule has 1 aliphatic heterocycles. The van der Waals surface area contributed by atoms with E-state index in [1.807, 2.05) is 0 Å². The Bertz CT molecular complexity index is 173. The standard InChI is InChI=1S/C7H10O3S/c8-6(7(9)10)3-5-1-2-11-4-5/h5H,1-4H2,(H,9,10). The zero-order valence-corrected chi connectivity index (χ0v) is 6.89. The fraction of sp³-hybridized carbons (Fsp3) is 0.714. The average Bonchev–Trinajstić information content (AvgIpc) is 2.39. The number of rotatable bonds is 3. The highest BCUT2D eigenvalue weighted by atomic mass is 32.2. The minimum atomic E-state index is -1.29. The largest absolute Gasteiger partial charge is 0.476 e. The Morgan fingerprint density at radius 2 is 2.27 bits per heavy atom. The lowest BCUT2D eigenvalue weighted by molar-refractivity contribution is -0.149. The smallest absolute Gasteiger partial charge is 0.372 e. The highest BCUT2D eigenvalue weighted by Gasteiger charge is 2.22. The molecule has 11 heavy (non-hydrogen) atoms. The third-order valence-corrected chi connectivity index (χ3v) is 2.97. The lowest BCUT2D eigenvalue weighted by Gasteiger charge is -2.02. The summed E-state index contributed by atoms with van der Waals surface area (Å²) in [5, 5.41) is 8.29. The van der Waals surface area contributed by atoms with Crippen LogP contribution in [0.5, 0.6) is 0 Å². The van der Waals surface area contributed by atoms with E-state index in [0.717, 1.165) is 17.9 Å². The van der Waals surface area contributed by atoms with Gasteiger partial charge in [-0.2, -0.15) is 11.8 Å². The van der Waals surface area contributed by atoms with Crippen LogP contribution in [0, 0.1) is 5.92 Å². The second-order valence-corrected chi connectivity index (χ2v) is 3.81. The SMILES string of the molecule is O=C(O)C(=O)CC1CCSC1. The molecule has 1 aliphatic rings. The van der Waals surface area contributed by atoms with Gasteiger partial charge in [0.2, 0.25) is 5.78 Å². The minimum Gasteiger partial charge on any atom is -0.476 e. The second-order valence-electron chi connectivity index (χ2n) is 2.66. The number of carboxylic acids is 1. The fourth-order valence-electron chi connectivity index (χ4n) is 1.09. The van der Waals surface area contributed by atoms with Crippen molar-refractivity contribution in [3.63, 3.8) is 0 Å². The van der Waals surface area contributed by atoms with E-state index in [4.69, 9.17) is 5.11 Å². The van der Waals surface area contributed by atoms with Crippen molar-refractivity contribution in [1.82, 2.24) is 0 Å². The number of thioether (sulfide) groups is 1. The van der Waals surface area contributed by atoms with Crippen molar-refractivity contribution in [2.75, 3.05) is 11.5 Å². The van der Waals surface area contributed by atoms with Gasteiger partial charge < -0.3 is 5.11 Å². The molecule has 0 aliphatic carbocycles. The van der Waals surface area contributed by atoms with Crippen LogP contribution in [-0.4, -0.2) is 28.4 Å². The van der Waals surface area contributed by atoms with Crippen LogP contribution in [0.1, 0.15) is 12.8 Å².